The quantitative estimate of drug-likeness (QED) is 0.839. The Labute approximate surface area is 107 Å². The fraction of sp³-hybridized carbons (Fsp3) is 0.667. The lowest BCUT2D eigenvalue weighted by Gasteiger charge is -2.32. The van der Waals surface area contributed by atoms with Crippen molar-refractivity contribution < 1.29 is 5.11 Å². The molecule has 2 heterocycles. The normalized spacial score (nSPS) is 20.6. The number of anilines is 1. The van der Waals surface area contributed by atoms with Crippen LogP contribution in [0.25, 0.3) is 0 Å². The molecule has 1 aliphatic heterocycles. The third-order valence-corrected chi connectivity index (χ3v) is 3.34. The van der Waals surface area contributed by atoms with Crippen molar-refractivity contribution in [1.29, 1.82) is 0 Å². The van der Waals surface area contributed by atoms with Gasteiger partial charge in [-0.2, -0.15) is 0 Å². The highest BCUT2D eigenvalue weighted by molar-refractivity contribution is 6.29. The summed E-state index contributed by atoms with van der Waals surface area (Å²) in [5.41, 5.74) is 0. The molecule has 1 aromatic heterocycles. The van der Waals surface area contributed by atoms with E-state index in [2.05, 4.69) is 14.9 Å². The van der Waals surface area contributed by atoms with Gasteiger partial charge >= 0.3 is 0 Å². The Morgan fingerprint density at radius 2 is 2.35 bits per heavy atom. The van der Waals surface area contributed by atoms with Gasteiger partial charge in [0, 0.05) is 32.2 Å². The van der Waals surface area contributed by atoms with Crippen molar-refractivity contribution in [2.75, 3.05) is 24.6 Å². The molecule has 0 radical (unpaired) electrons. The zero-order chi connectivity index (χ0) is 12.3. The van der Waals surface area contributed by atoms with Gasteiger partial charge in [0.25, 0.3) is 0 Å². The van der Waals surface area contributed by atoms with Crippen molar-refractivity contribution >= 4 is 17.4 Å². The van der Waals surface area contributed by atoms with Gasteiger partial charge in [0.1, 0.15) is 16.8 Å². The minimum absolute atomic E-state index is 0.246. The predicted octanol–water partition coefficient (Wildman–Crippen LogP) is 1.90. The molecule has 4 nitrogen and oxygen atoms in total. The van der Waals surface area contributed by atoms with Gasteiger partial charge < -0.3 is 10.0 Å². The van der Waals surface area contributed by atoms with Crippen LogP contribution in [0.4, 0.5) is 5.82 Å². The van der Waals surface area contributed by atoms with Gasteiger partial charge in [-0.1, -0.05) is 18.5 Å². The molecule has 1 aliphatic rings. The second-order valence-electron chi connectivity index (χ2n) is 4.46. The molecule has 0 aliphatic carbocycles. The standard InChI is InChI=1S/C12H18ClN3O/c1-2-11-14-10(13)6-12(15-11)16-5-3-4-9(7-16)8-17/h6,9,17H,2-5,7-8H2,1H3. The zero-order valence-corrected chi connectivity index (χ0v) is 10.8. The molecular formula is C12H18ClN3O. The Bertz CT molecular complexity index is 386. The summed E-state index contributed by atoms with van der Waals surface area (Å²) in [6, 6.07) is 1.81. The van der Waals surface area contributed by atoms with Crippen LogP contribution in [0.5, 0.6) is 0 Å². The SMILES string of the molecule is CCc1nc(Cl)cc(N2CCCC(CO)C2)n1. The monoisotopic (exact) mass is 255 g/mol. The van der Waals surface area contributed by atoms with E-state index in [1.165, 1.54) is 0 Å². The van der Waals surface area contributed by atoms with Crippen molar-refractivity contribution in [3.8, 4) is 0 Å². The summed E-state index contributed by atoms with van der Waals surface area (Å²) in [5, 5.41) is 9.72. The van der Waals surface area contributed by atoms with E-state index in [0.717, 1.165) is 44.0 Å². The van der Waals surface area contributed by atoms with Crippen LogP contribution in [0.2, 0.25) is 5.15 Å². The summed E-state index contributed by atoms with van der Waals surface area (Å²) in [6.45, 7) is 4.10. The maximum atomic E-state index is 9.23. The van der Waals surface area contributed by atoms with Gasteiger partial charge in [-0.25, -0.2) is 9.97 Å². The fourth-order valence-corrected chi connectivity index (χ4v) is 2.39. The van der Waals surface area contributed by atoms with Crippen LogP contribution in [0.1, 0.15) is 25.6 Å². The molecule has 1 fully saturated rings. The summed E-state index contributed by atoms with van der Waals surface area (Å²) in [5.74, 6) is 2.01. The molecule has 17 heavy (non-hydrogen) atoms. The largest absolute Gasteiger partial charge is 0.396 e. The van der Waals surface area contributed by atoms with E-state index in [4.69, 9.17) is 11.6 Å². The van der Waals surface area contributed by atoms with Crippen LogP contribution < -0.4 is 4.90 Å². The van der Waals surface area contributed by atoms with Crippen molar-refractivity contribution in [3.05, 3.63) is 17.0 Å². The number of rotatable bonds is 3. The molecule has 0 amide bonds. The molecule has 5 heteroatoms. The molecule has 94 valence electrons. The van der Waals surface area contributed by atoms with Crippen molar-refractivity contribution in [1.82, 2.24) is 9.97 Å². The first-order valence-electron chi connectivity index (χ1n) is 6.12. The maximum Gasteiger partial charge on any atom is 0.134 e. The predicted molar refractivity (Wildman–Crippen MR) is 68.4 cm³/mol. The average molecular weight is 256 g/mol. The van der Waals surface area contributed by atoms with E-state index in [1.54, 1.807) is 6.07 Å². The van der Waals surface area contributed by atoms with E-state index in [1.807, 2.05) is 6.92 Å². The Hall–Kier alpha value is -0.870. The molecule has 0 spiro atoms. The number of aliphatic hydroxyl groups is 1. The van der Waals surface area contributed by atoms with Crippen LogP contribution in [0.3, 0.4) is 0 Å². The van der Waals surface area contributed by atoms with Crippen molar-refractivity contribution in [2.24, 2.45) is 5.92 Å². The minimum atomic E-state index is 0.246. The van der Waals surface area contributed by atoms with E-state index >= 15 is 0 Å². The van der Waals surface area contributed by atoms with E-state index in [-0.39, 0.29) is 6.61 Å². The van der Waals surface area contributed by atoms with Crippen LogP contribution >= 0.6 is 11.6 Å². The van der Waals surface area contributed by atoms with Gasteiger partial charge in [-0.3, -0.25) is 0 Å². The maximum absolute atomic E-state index is 9.23. The average Bonchev–Trinajstić information content (AvgIpc) is 2.38. The highest BCUT2D eigenvalue weighted by Crippen LogP contribution is 2.23. The number of hydrogen-bond donors (Lipinski definition) is 1. The molecule has 0 bridgehead atoms. The lowest BCUT2D eigenvalue weighted by Crippen LogP contribution is -2.37. The van der Waals surface area contributed by atoms with E-state index in [0.29, 0.717) is 11.1 Å². The van der Waals surface area contributed by atoms with Gasteiger partial charge in [0.2, 0.25) is 0 Å². The molecule has 1 saturated heterocycles. The molecule has 1 N–H and O–H groups in total. The first kappa shape index (κ1) is 12.6. The number of aromatic nitrogens is 2. The molecule has 0 aromatic carbocycles. The molecule has 0 saturated carbocycles. The number of hydrogen-bond acceptors (Lipinski definition) is 4. The number of piperidine rings is 1. The van der Waals surface area contributed by atoms with Crippen molar-refractivity contribution in [3.63, 3.8) is 0 Å². The zero-order valence-electron chi connectivity index (χ0n) is 10.1. The van der Waals surface area contributed by atoms with Crippen molar-refractivity contribution in [2.45, 2.75) is 26.2 Å². The van der Waals surface area contributed by atoms with Crippen LogP contribution in [-0.4, -0.2) is 34.8 Å². The summed E-state index contributed by atoms with van der Waals surface area (Å²) in [7, 11) is 0. The Morgan fingerprint density at radius 1 is 1.53 bits per heavy atom. The molecule has 1 unspecified atom stereocenters. The topological polar surface area (TPSA) is 49.2 Å². The van der Waals surface area contributed by atoms with Gasteiger partial charge in [0.05, 0.1) is 0 Å². The van der Waals surface area contributed by atoms with E-state index < -0.39 is 0 Å². The van der Waals surface area contributed by atoms with Gasteiger partial charge in [-0.15, -0.1) is 0 Å². The molecule has 1 aromatic rings. The number of halogens is 1. The van der Waals surface area contributed by atoms with Crippen LogP contribution in [0.15, 0.2) is 6.07 Å². The molecular weight excluding hydrogens is 238 g/mol. The van der Waals surface area contributed by atoms with Crippen LogP contribution in [0, 0.1) is 5.92 Å². The van der Waals surface area contributed by atoms with E-state index in [9.17, 15) is 5.11 Å². The third kappa shape index (κ3) is 3.07. The fourth-order valence-electron chi connectivity index (χ4n) is 2.19. The van der Waals surface area contributed by atoms with Gasteiger partial charge in [-0.05, 0) is 18.8 Å². The third-order valence-electron chi connectivity index (χ3n) is 3.15. The second kappa shape index (κ2) is 5.65. The number of nitrogens with zero attached hydrogens (tertiary/aromatic N) is 3. The first-order valence-corrected chi connectivity index (χ1v) is 6.50. The first-order chi connectivity index (χ1) is 8.22. The summed E-state index contributed by atoms with van der Waals surface area (Å²) in [4.78, 5) is 10.8. The Morgan fingerprint density at radius 3 is 3.06 bits per heavy atom. The lowest BCUT2D eigenvalue weighted by atomic mass is 9.99. The summed E-state index contributed by atoms with van der Waals surface area (Å²) >= 11 is 5.99. The lowest BCUT2D eigenvalue weighted by molar-refractivity contribution is 0.208. The number of aliphatic hydroxyl groups excluding tert-OH is 1. The summed E-state index contributed by atoms with van der Waals surface area (Å²) < 4.78 is 0. The highest BCUT2D eigenvalue weighted by atomic mass is 35.5. The number of aryl methyl sites for hydroxylation is 1. The van der Waals surface area contributed by atoms with Crippen LogP contribution in [-0.2, 0) is 6.42 Å². The second-order valence-corrected chi connectivity index (χ2v) is 4.84. The molecule has 1 atom stereocenters. The highest BCUT2D eigenvalue weighted by Gasteiger charge is 2.20. The smallest absolute Gasteiger partial charge is 0.134 e. The molecule has 2 rings (SSSR count). The minimum Gasteiger partial charge on any atom is -0.396 e. The Kier molecular flexibility index (Phi) is 4.18. The summed E-state index contributed by atoms with van der Waals surface area (Å²) in [6.07, 6.45) is 2.96. The Balaban J connectivity index is 2.18. The van der Waals surface area contributed by atoms with Gasteiger partial charge in [0.15, 0.2) is 0 Å².